The number of aryl methyl sites for hydroxylation is 1. The van der Waals surface area contributed by atoms with E-state index in [4.69, 9.17) is 11.6 Å². The molecule has 2 aromatic heterocycles. The molecule has 6 heteroatoms. The number of benzene rings is 1. The monoisotopic (exact) mass is 331 g/mol. The first-order chi connectivity index (χ1) is 10.7. The summed E-state index contributed by atoms with van der Waals surface area (Å²) in [6.45, 7) is 2.69. The number of nitrogens with zero attached hydrogens (tertiary/aromatic N) is 2. The number of anilines is 1. The van der Waals surface area contributed by atoms with Crippen molar-refractivity contribution in [3.63, 3.8) is 0 Å². The largest absolute Gasteiger partial charge is 0.306 e. The van der Waals surface area contributed by atoms with Gasteiger partial charge < -0.3 is 5.32 Å². The van der Waals surface area contributed by atoms with E-state index in [1.54, 1.807) is 16.9 Å². The maximum atomic E-state index is 12.3. The van der Waals surface area contributed by atoms with E-state index < -0.39 is 0 Å². The first kappa shape index (κ1) is 14.8. The molecule has 0 radical (unpaired) electrons. The number of carbonyl (C=O) groups is 1. The van der Waals surface area contributed by atoms with Crippen molar-refractivity contribution in [2.24, 2.45) is 0 Å². The van der Waals surface area contributed by atoms with E-state index in [0.29, 0.717) is 22.3 Å². The Morgan fingerprint density at radius 1 is 1.23 bits per heavy atom. The molecule has 1 aromatic carbocycles. The molecule has 4 nitrogen and oxygen atoms in total. The highest BCUT2D eigenvalue weighted by molar-refractivity contribution is 7.17. The molecule has 0 aliphatic heterocycles. The average Bonchev–Trinajstić information content (AvgIpc) is 3.16. The van der Waals surface area contributed by atoms with E-state index >= 15 is 0 Å². The summed E-state index contributed by atoms with van der Waals surface area (Å²) in [4.78, 5) is 14.0. The molecule has 3 aromatic rings. The lowest BCUT2D eigenvalue weighted by atomic mass is 10.2. The van der Waals surface area contributed by atoms with Crippen LogP contribution in [0.2, 0.25) is 5.02 Å². The zero-order valence-corrected chi connectivity index (χ0v) is 13.5. The van der Waals surface area contributed by atoms with Gasteiger partial charge >= 0.3 is 0 Å². The molecule has 0 fully saturated rings. The number of thiophene rings is 1. The van der Waals surface area contributed by atoms with Gasteiger partial charge in [-0.15, -0.1) is 11.3 Å². The number of rotatable bonds is 4. The molecule has 0 aliphatic carbocycles. The topological polar surface area (TPSA) is 46.9 Å². The summed E-state index contributed by atoms with van der Waals surface area (Å²) in [6.07, 6.45) is 1.67. The van der Waals surface area contributed by atoms with E-state index in [2.05, 4.69) is 10.4 Å². The molecule has 22 heavy (non-hydrogen) atoms. The van der Waals surface area contributed by atoms with Crippen LogP contribution in [-0.2, 0) is 6.54 Å². The van der Waals surface area contributed by atoms with Crippen molar-refractivity contribution in [2.45, 2.75) is 13.5 Å². The fourth-order valence-electron chi connectivity index (χ4n) is 2.10. The maximum Gasteiger partial charge on any atom is 0.266 e. The smallest absolute Gasteiger partial charge is 0.266 e. The Morgan fingerprint density at radius 2 is 2.00 bits per heavy atom. The molecular formula is C16H14ClN3OS. The van der Waals surface area contributed by atoms with Gasteiger partial charge in [0.1, 0.15) is 5.82 Å². The van der Waals surface area contributed by atoms with Crippen molar-refractivity contribution in [2.75, 3.05) is 5.32 Å². The molecule has 0 spiro atoms. The van der Waals surface area contributed by atoms with Crippen LogP contribution in [0, 0.1) is 0 Å². The van der Waals surface area contributed by atoms with Crippen molar-refractivity contribution >= 4 is 34.7 Å². The van der Waals surface area contributed by atoms with Gasteiger partial charge in [-0.3, -0.25) is 4.79 Å². The Balaban J connectivity index is 1.78. The van der Waals surface area contributed by atoms with Gasteiger partial charge in [-0.25, -0.2) is 4.68 Å². The van der Waals surface area contributed by atoms with Crippen LogP contribution in [0.1, 0.15) is 16.6 Å². The summed E-state index contributed by atoms with van der Waals surface area (Å²) >= 11 is 7.34. The quantitative estimate of drug-likeness (QED) is 0.763. The fourth-order valence-corrected chi connectivity index (χ4v) is 3.13. The lowest BCUT2D eigenvalue weighted by Gasteiger charge is -2.05. The molecule has 0 bridgehead atoms. The van der Waals surface area contributed by atoms with Crippen LogP contribution < -0.4 is 5.32 Å². The maximum absolute atomic E-state index is 12.3. The van der Waals surface area contributed by atoms with Gasteiger partial charge in [0.25, 0.3) is 5.91 Å². The first-order valence-corrected chi connectivity index (χ1v) is 8.06. The molecule has 0 saturated heterocycles. The summed E-state index contributed by atoms with van der Waals surface area (Å²) in [5.41, 5.74) is 1.05. The molecule has 2 heterocycles. The van der Waals surface area contributed by atoms with E-state index in [-0.39, 0.29) is 5.91 Å². The van der Waals surface area contributed by atoms with Crippen molar-refractivity contribution in [3.05, 3.63) is 58.6 Å². The van der Waals surface area contributed by atoms with Gasteiger partial charge in [-0.05, 0) is 36.8 Å². The predicted molar refractivity (Wildman–Crippen MR) is 90.6 cm³/mol. The molecular weight excluding hydrogens is 318 g/mol. The van der Waals surface area contributed by atoms with Gasteiger partial charge in [-0.1, -0.05) is 23.7 Å². The number of hydrogen-bond donors (Lipinski definition) is 1. The van der Waals surface area contributed by atoms with Gasteiger partial charge in [0.05, 0.1) is 11.1 Å². The molecule has 0 aliphatic rings. The molecule has 0 unspecified atom stereocenters. The Kier molecular flexibility index (Phi) is 4.27. The highest BCUT2D eigenvalue weighted by Crippen LogP contribution is 2.29. The van der Waals surface area contributed by atoms with Gasteiger partial charge in [0.15, 0.2) is 0 Å². The second kappa shape index (κ2) is 6.34. The standard InChI is InChI=1S/C16H14ClN3OS/c1-2-20-15(9-10-18-20)19-16(21)14-8-7-13(22-14)11-3-5-12(17)6-4-11/h3-10H,2H2,1H3,(H,19,21). The number of amides is 1. The van der Waals surface area contributed by atoms with E-state index in [9.17, 15) is 4.79 Å². The summed E-state index contributed by atoms with van der Waals surface area (Å²) in [5, 5.41) is 7.72. The van der Waals surface area contributed by atoms with Gasteiger partial charge in [-0.2, -0.15) is 5.10 Å². The van der Waals surface area contributed by atoms with Crippen LogP contribution in [0.4, 0.5) is 5.82 Å². The second-order valence-corrected chi connectivity index (χ2v) is 6.18. The fraction of sp³-hybridized carbons (Fsp3) is 0.125. The van der Waals surface area contributed by atoms with Crippen molar-refractivity contribution < 1.29 is 4.79 Å². The first-order valence-electron chi connectivity index (χ1n) is 6.86. The number of nitrogens with one attached hydrogen (secondary N) is 1. The van der Waals surface area contributed by atoms with Crippen LogP contribution >= 0.6 is 22.9 Å². The molecule has 1 amide bonds. The minimum atomic E-state index is -0.125. The number of aromatic nitrogens is 2. The Labute approximate surface area is 137 Å². The number of hydrogen-bond acceptors (Lipinski definition) is 3. The lowest BCUT2D eigenvalue weighted by molar-refractivity contribution is 0.102. The van der Waals surface area contributed by atoms with Crippen LogP contribution in [-0.4, -0.2) is 15.7 Å². The third kappa shape index (κ3) is 3.05. The third-order valence-corrected chi connectivity index (χ3v) is 4.60. The number of carbonyl (C=O) groups excluding carboxylic acids is 1. The summed E-state index contributed by atoms with van der Waals surface area (Å²) in [5.74, 6) is 0.578. The second-order valence-electron chi connectivity index (χ2n) is 4.66. The predicted octanol–water partition coefficient (Wildman–Crippen LogP) is 4.54. The van der Waals surface area contributed by atoms with Gasteiger partial charge in [0.2, 0.25) is 0 Å². The van der Waals surface area contributed by atoms with E-state index in [1.807, 2.05) is 43.3 Å². The lowest BCUT2D eigenvalue weighted by Crippen LogP contribution is -2.14. The van der Waals surface area contributed by atoms with Crippen LogP contribution in [0.3, 0.4) is 0 Å². The zero-order chi connectivity index (χ0) is 15.5. The SMILES string of the molecule is CCn1nccc1NC(=O)c1ccc(-c2ccc(Cl)cc2)s1. The molecule has 1 N–H and O–H groups in total. The highest BCUT2D eigenvalue weighted by Gasteiger charge is 2.12. The minimum absolute atomic E-state index is 0.125. The summed E-state index contributed by atoms with van der Waals surface area (Å²) in [6, 6.07) is 13.1. The van der Waals surface area contributed by atoms with Gasteiger partial charge in [0, 0.05) is 22.5 Å². The molecule has 112 valence electrons. The summed E-state index contributed by atoms with van der Waals surface area (Å²) in [7, 11) is 0. The Hall–Kier alpha value is -2.11. The van der Waals surface area contributed by atoms with Crippen LogP contribution in [0.15, 0.2) is 48.7 Å². The van der Waals surface area contributed by atoms with Crippen molar-refractivity contribution in [1.82, 2.24) is 9.78 Å². The average molecular weight is 332 g/mol. The molecule has 0 saturated carbocycles. The van der Waals surface area contributed by atoms with Crippen molar-refractivity contribution in [1.29, 1.82) is 0 Å². The highest BCUT2D eigenvalue weighted by atomic mass is 35.5. The Morgan fingerprint density at radius 3 is 2.73 bits per heavy atom. The summed E-state index contributed by atoms with van der Waals surface area (Å²) < 4.78 is 1.74. The van der Waals surface area contributed by atoms with E-state index in [0.717, 1.165) is 10.4 Å². The third-order valence-electron chi connectivity index (χ3n) is 3.22. The minimum Gasteiger partial charge on any atom is -0.306 e. The zero-order valence-electron chi connectivity index (χ0n) is 11.9. The molecule has 0 atom stereocenters. The van der Waals surface area contributed by atoms with Crippen LogP contribution in [0.25, 0.3) is 10.4 Å². The van der Waals surface area contributed by atoms with Crippen LogP contribution in [0.5, 0.6) is 0 Å². The van der Waals surface area contributed by atoms with E-state index in [1.165, 1.54) is 11.3 Å². The number of halogens is 1. The Bertz CT molecular complexity index is 792. The molecule has 3 rings (SSSR count). The van der Waals surface area contributed by atoms with Crippen molar-refractivity contribution in [3.8, 4) is 10.4 Å². The normalized spacial score (nSPS) is 10.6.